The maximum atomic E-state index is 11.8. The zero-order chi connectivity index (χ0) is 10.7. The Morgan fingerprint density at radius 1 is 1.53 bits per heavy atom. The topological polar surface area (TPSA) is 29.1 Å². The first-order valence-electron chi connectivity index (χ1n) is 4.90. The zero-order valence-electron chi connectivity index (χ0n) is 8.20. The molecule has 0 spiro atoms. The summed E-state index contributed by atoms with van der Waals surface area (Å²) in [5.74, 6) is 2.23. The molecule has 15 heavy (non-hydrogen) atoms. The van der Waals surface area contributed by atoms with Crippen molar-refractivity contribution in [1.82, 2.24) is 5.32 Å². The van der Waals surface area contributed by atoms with E-state index in [2.05, 4.69) is 21.2 Å². The van der Waals surface area contributed by atoms with Crippen LogP contribution in [0.15, 0.2) is 28.7 Å². The lowest BCUT2D eigenvalue weighted by Crippen LogP contribution is -2.34. The highest BCUT2D eigenvalue weighted by atomic mass is 79.9. The van der Waals surface area contributed by atoms with Crippen LogP contribution in [-0.4, -0.2) is 23.5 Å². The lowest BCUT2D eigenvalue weighted by atomic mass is 10.2. The largest absolute Gasteiger partial charge is 0.348 e. The van der Waals surface area contributed by atoms with Gasteiger partial charge in [0.1, 0.15) is 0 Å². The minimum absolute atomic E-state index is 0.0313. The lowest BCUT2D eigenvalue weighted by Gasteiger charge is -2.11. The molecule has 1 fully saturated rings. The number of amides is 1. The molecular formula is C11H12BrNOS. The number of carbonyl (C=O) groups excluding carboxylic acids is 1. The van der Waals surface area contributed by atoms with Crippen LogP contribution in [0.1, 0.15) is 16.8 Å². The van der Waals surface area contributed by atoms with Crippen molar-refractivity contribution in [3.63, 3.8) is 0 Å². The number of carbonyl (C=O) groups is 1. The Balaban J connectivity index is 2.01. The van der Waals surface area contributed by atoms with E-state index in [1.165, 1.54) is 0 Å². The van der Waals surface area contributed by atoms with E-state index < -0.39 is 0 Å². The van der Waals surface area contributed by atoms with Crippen molar-refractivity contribution in [3.8, 4) is 0 Å². The van der Waals surface area contributed by atoms with Gasteiger partial charge in [0.2, 0.25) is 0 Å². The highest BCUT2D eigenvalue weighted by Crippen LogP contribution is 2.18. The number of thioether (sulfide) groups is 1. The summed E-state index contributed by atoms with van der Waals surface area (Å²) >= 11 is 5.26. The molecular weight excluding hydrogens is 274 g/mol. The van der Waals surface area contributed by atoms with Crippen molar-refractivity contribution in [2.75, 3.05) is 11.5 Å². The van der Waals surface area contributed by atoms with Crippen LogP contribution in [0.4, 0.5) is 0 Å². The summed E-state index contributed by atoms with van der Waals surface area (Å²) in [5.41, 5.74) is 0.723. The van der Waals surface area contributed by atoms with E-state index in [1.54, 1.807) is 0 Å². The minimum Gasteiger partial charge on any atom is -0.348 e. The van der Waals surface area contributed by atoms with Crippen molar-refractivity contribution in [2.24, 2.45) is 0 Å². The van der Waals surface area contributed by atoms with Crippen LogP contribution in [0.25, 0.3) is 0 Å². The molecule has 2 rings (SSSR count). The molecule has 1 saturated heterocycles. The van der Waals surface area contributed by atoms with Crippen LogP contribution in [-0.2, 0) is 0 Å². The van der Waals surface area contributed by atoms with Crippen LogP contribution in [0.5, 0.6) is 0 Å². The second-order valence-electron chi connectivity index (χ2n) is 3.54. The summed E-state index contributed by atoms with van der Waals surface area (Å²) in [4.78, 5) is 11.8. The van der Waals surface area contributed by atoms with Gasteiger partial charge in [-0.25, -0.2) is 0 Å². The fourth-order valence-electron chi connectivity index (χ4n) is 1.55. The van der Waals surface area contributed by atoms with E-state index in [0.717, 1.165) is 28.0 Å². The smallest absolute Gasteiger partial charge is 0.251 e. The Labute approximate surface area is 102 Å². The van der Waals surface area contributed by atoms with Gasteiger partial charge in [-0.2, -0.15) is 11.8 Å². The first-order valence-corrected chi connectivity index (χ1v) is 6.84. The Hall–Kier alpha value is -0.480. The van der Waals surface area contributed by atoms with E-state index in [-0.39, 0.29) is 5.91 Å². The van der Waals surface area contributed by atoms with Gasteiger partial charge in [0.25, 0.3) is 5.91 Å². The third-order valence-electron chi connectivity index (χ3n) is 2.35. The number of rotatable bonds is 2. The standard InChI is InChI=1S/C11H12BrNOS/c12-9-3-1-2-8(6-9)11(14)13-10-4-5-15-7-10/h1-3,6,10H,4-5,7H2,(H,13,14). The van der Waals surface area contributed by atoms with Gasteiger partial charge in [-0.05, 0) is 30.4 Å². The molecule has 1 N–H and O–H groups in total. The summed E-state index contributed by atoms with van der Waals surface area (Å²) in [5, 5.41) is 3.04. The number of halogens is 1. The molecule has 1 amide bonds. The van der Waals surface area contributed by atoms with Gasteiger partial charge in [0, 0.05) is 21.8 Å². The van der Waals surface area contributed by atoms with Crippen molar-refractivity contribution in [2.45, 2.75) is 12.5 Å². The van der Waals surface area contributed by atoms with Crippen molar-refractivity contribution in [3.05, 3.63) is 34.3 Å². The van der Waals surface area contributed by atoms with Gasteiger partial charge in [-0.1, -0.05) is 22.0 Å². The Kier molecular flexibility index (Phi) is 3.70. The van der Waals surface area contributed by atoms with Gasteiger partial charge in [-0.3, -0.25) is 4.79 Å². The van der Waals surface area contributed by atoms with Gasteiger partial charge in [0.15, 0.2) is 0 Å². The fraction of sp³-hybridized carbons (Fsp3) is 0.364. The highest BCUT2D eigenvalue weighted by molar-refractivity contribution is 9.10. The molecule has 0 aliphatic carbocycles. The van der Waals surface area contributed by atoms with Crippen LogP contribution in [0.2, 0.25) is 0 Å². The fourth-order valence-corrected chi connectivity index (χ4v) is 3.10. The van der Waals surface area contributed by atoms with Gasteiger partial charge >= 0.3 is 0 Å². The second kappa shape index (κ2) is 5.03. The number of hydrogen-bond donors (Lipinski definition) is 1. The predicted octanol–water partition coefficient (Wildman–Crippen LogP) is 2.68. The summed E-state index contributed by atoms with van der Waals surface area (Å²) < 4.78 is 0.941. The van der Waals surface area contributed by atoms with E-state index >= 15 is 0 Å². The van der Waals surface area contributed by atoms with Crippen LogP contribution >= 0.6 is 27.7 Å². The zero-order valence-corrected chi connectivity index (χ0v) is 10.6. The van der Waals surface area contributed by atoms with Gasteiger partial charge in [0.05, 0.1) is 0 Å². The van der Waals surface area contributed by atoms with Gasteiger partial charge in [-0.15, -0.1) is 0 Å². The molecule has 0 aromatic heterocycles. The summed E-state index contributed by atoms with van der Waals surface area (Å²) in [7, 11) is 0. The first-order chi connectivity index (χ1) is 7.25. The molecule has 0 bridgehead atoms. The summed E-state index contributed by atoms with van der Waals surface area (Å²) in [6, 6.07) is 7.82. The average molecular weight is 286 g/mol. The molecule has 4 heteroatoms. The van der Waals surface area contributed by atoms with Crippen LogP contribution in [0.3, 0.4) is 0 Å². The Morgan fingerprint density at radius 2 is 2.40 bits per heavy atom. The molecule has 1 aliphatic heterocycles. The monoisotopic (exact) mass is 285 g/mol. The Bertz CT molecular complexity index is 363. The van der Waals surface area contributed by atoms with E-state index in [4.69, 9.17) is 0 Å². The molecule has 1 aromatic carbocycles. The Morgan fingerprint density at radius 3 is 3.07 bits per heavy atom. The summed E-state index contributed by atoms with van der Waals surface area (Å²) in [6.45, 7) is 0. The van der Waals surface area contributed by atoms with Crippen LogP contribution < -0.4 is 5.32 Å². The molecule has 1 aromatic rings. The van der Waals surface area contributed by atoms with Crippen molar-refractivity contribution in [1.29, 1.82) is 0 Å². The third kappa shape index (κ3) is 2.98. The number of hydrogen-bond acceptors (Lipinski definition) is 2. The lowest BCUT2D eigenvalue weighted by molar-refractivity contribution is 0.0941. The molecule has 0 radical (unpaired) electrons. The first kappa shape index (κ1) is 11.0. The summed E-state index contributed by atoms with van der Waals surface area (Å²) in [6.07, 6.45) is 1.09. The molecule has 1 atom stereocenters. The van der Waals surface area contributed by atoms with E-state index in [1.807, 2.05) is 36.0 Å². The van der Waals surface area contributed by atoms with E-state index in [0.29, 0.717) is 6.04 Å². The van der Waals surface area contributed by atoms with Crippen molar-refractivity contribution >= 4 is 33.6 Å². The molecule has 0 saturated carbocycles. The van der Waals surface area contributed by atoms with E-state index in [9.17, 15) is 4.79 Å². The maximum absolute atomic E-state index is 11.8. The molecule has 1 heterocycles. The second-order valence-corrected chi connectivity index (χ2v) is 5.61. The third-order valence-corrected chi connectivity index (χ3v) is 4.01. The average Bonchev–Trinajstić information content (AvgIpc) is 2.70. The predicted molar refractivity (Wildman–Crippen MR) is 67.3 cm³/mol. The number of benzene rings is 1. The number of nitrogens with one attached hydrogen (secondary N) is 1. The quantitative estimate of drug-likeness (QED) is 0.905. The SMILES string of the molecule is O=C(NC1CCSC1)c1cccc(Br)c1. The molecule has 1 unspecified atom stereocenters. The van der Waals surface area contributed by atoms with Gasteiger partial charge < -0.3 is 5.32 Å². The molecule has 2 nitrogen and oxygen atoms in total. The molecule has 1 aliphatic rings. The van der Waals surface area contributed by atoms with Crippen LogP contribution in [0, 0.1) is 0 Å². The van der Waals surface area contributed by atoms with Crippen molar-refractivity contribution < 1.29 is 4.79 Å². The normalized spacial score (nSPS) is 20.2. The maximum Gasteiger partial charge on any atom is 0.251 e. The minimum atomic E-state index is 0.0313. The highest BCUT2D eigenvalue weighted by Gasteiger charge is 2.18. The molecule has 80 valence electrons.